The van der Waals surface area contributed by atoms with E-state index in [9.17, 15) is 13.2 Å². The highest BCUT2D eigenvalue weighted by Gasteiger charge is 2.06. The van der Waals surface area contributed by atoms with E-state index in [1.54, 1.807) is 18.2 Å². The number of halogens is 3. The molecule has 0 atom stereocenters. The molecule has 0 fully saturated rings. The van der Waals surface area contributed by atoms with Crippen LogP contribution in [0.25, 0.3) is 11.0 Å². The summed E-state index contributed by atoms with van der Waals surface area (Å²) in [5.41, 5.74) is 2.09. The first kappa shape index (κ1) is 15.9. The number of pyridine rings is 1. The topological polar surface area (TPSA) is 38.7 Å². The van der Waals surface area contributed by atoms with Crippen molar-refractivity contribution in [3.05, 3.63) is 65.2 Å². The van der Waals surface area contributed by atoms with Crippen molar-refractivity contribution in [1.29, 1.82) is 0 Å². The Bertz CT molecular complexity index is 945. The Balaban J connectivity index is 1.70. The summed E-state index contributed by atoms with van der Waals surface area (Å²) in [5, 5.41) is 0. The lowest BCUT2D eigenvalue weighted by atomic mass is 10.2. The zero-order chi connectivity index (χ0) is 16.9. The molecule has 0 bridgehead atoms. The van der Waals surface area contributed by atoms with Gasteiger partial charge in [-0.1, -0.05) is 12.0 Å². The molecule has 0 aliphatic carbocycles. The van der Waals surface area contributed by atoms with Gasteiger partial charge in [0, 0.05) is 31.2 Å². The van der Waals surface area contributed by atoms with Crippen LogP contribution in [-0.2, 0) is 13.1 Å². The van der Waals surface area contributed by atoms with Crippen LogP contribution in [0.5, 0.6) is 0 Å². The zero-order valence-electron chi connectivity index (χ0n) is 12.6. The summed E-state index contributed by atoms with van der Waals surface area (Å²) in [5.74, 6) is 3.89. The first-order valence-electron chi connectivity index (χ1n) is 7.27. The van der Waals surface area contributed by atoms with Gasteiger partial charge in [-0.25, -0.2) is 23.1 Å². The van der Waals surface area contributed by atoms with Gasteiger partial charge in [0.2, 0.25) is 0 Å². The second kappa shape index (κ2) is 7.09. The number of rotatable bonds is 3. The highest BCUT2D eigenvalue weighted by atomic mass is 19.2. The largest absolute Gasteiger partial charge is 0.253 e. The standard InChI is InChI=1S/C18H12F3N3/c19-10-13-7-3-6-12(23-13)4-1-2-5-14-11-22-17-8-15(20)16(21)9-18(17)24-14/h3,6-9,11H,2,5,10H2. The minimum Gasteiger partial charge on any atom is -0.253 e. The van der Waals surface area contributed by atoms with Crippen LogP contribution in [0.1, 0.15) is 23.5 Å². The first-order chi connectivity index (χ1) is 11.7. The van der Waals surface area contributed by atoms with Gasteiger partial charge in [0.05, 0.1) is 22.4 Å². The van der Waals surface area contributed by atoms with Crippen LogP contribution in [0.3, 0.4) is 0 Å². The molecule has 0 saturated heterocycles. The molecule has 2 aromatic heterocycles. The molecule has 0 saturated carbocycles. The molecule has 3 nitrogen and oxygen atoms in total. The van der Waals surface area contributed by atoms with Crippen molar-refractivity contribution in [3.8, 4) is 11.8 Å². The van der Waals surface area contributed by atoms with Gasteiger partial charge in [-0.15, -0.1) is 0 Å². The predicted octanol–water partition coefficient (Wildman–Crippen LogP) is 3.76. The smallest absolute Gasteiger partial charge is 0.161 e. The molecule has 3 aromatic rings. The minimum absolute atomic E-state index is 0.302. The number of aromatic nitrogens is 3. The Hall–Kier alpha value is -2.94. The number of aryl methyl sites for hydroxylation is 1. The average Bonchev–Trinajstić information content (AvgIpc) is 2.60. The molecule has 0 spiro atoms. The van der Waals surface area contributed by atoms with E-state index in [2.05, 4.69) is 26.8 Å². The Kier molecular flexibility index (Phi) is 4.71. The molecule has 0 aliphatic rings. The first-order valence-corrected chi connectivity index (χ1v) is 7.27. The average molecular weight is 327 g/mol. The molecule has 0 N–H and O–H groups in total. The third kappa shape index (κ3) is 3.69. The van der Waals surface area contributed by atoms with Gasteiger partial charge >= 0.3 is 0 Å². The van der Waals surface area contributed by atoms with Crippen LogP contribution in [0.2, 0.25) is 0 Å². The highest BCUT2D eigenvalue weighted by molar-refractivity contribution is 5.74. The second-order valence-electron chi connectivity index (χ2n) is 5.07. The van der Waals surface area contributed by atoms with Gasteiger partial charge < -0.3 is 0 Å². The van der Waals surface area contributed by atoms with Gasteiger partial charge in [0.15, 0.2) is 11.6 Å². The maximum atomic E-state index is 13.2. The lowest BCUT2D eigenvalue weighted by molar-refractivity contribution is 0.476. The van der Waals surface area contributed by atoms with Crippen molar-refractivity contribution >= 4 is 11.0 Å². The molecule has 6 heteroatoms. The van der Waals surface area contributed by atoms with Gasteiger partial charge in [-0.05, 0) is 18.1 Å². The molecule has 0 radical (unpaired) electrons. The molecule has 120 valence electrons. The zero-order valence-corrected chi connectivity index (χ0v) is 12.6. The van der Waals surface area contributed by atoms with E-state index in [4.69, 9.17) is 0 Å². The van der Waals surface area contributed by atoms with Gasteiger partial charge in [-0.2, -0.15) is 0 Å². The summed E-state index contributed by atoms with van der Waals surface area (Å²) in [6, 6.07) is 7.05. The van der Waals surface area contributed by atoms with Crippen LogP contribution in [0.4, 0.5) is 13.2 Å². The summed E-state index contributed by atoms with van der Waals surface area (Å²) in [6.45, 7) is -0.626. The lowest BCUT2D eigenvalue weighted by Gasteiger charge is -2.01. The Labute approximate surface area is 136 Å². The van der Waals surface area contributed by atoms with E-state index in [-0.39, 0.29) is 0 Å². The number of hydrogen-bond acceptors (Lipinski definition) is 3. The summed E-state index contributed by atoms with van der Waals surface area (Å²) in [7, 11) is 0. The van der Waals surface area contributed by atoms with Gasteiger partial charge in [0.25, 0.3) is 0 Å². The fourth-order valence-electron chi connectivity index (χ4n) is 2.13. The molecule has 0 unspecified atom stereocenters. The van der Waals surface area contributed by atoms with E-state index in [0.717, 1.165) is 12.1 Å². The van der Waals surface area contributed by atoms with E-state index >= 15 is 0 Å². The van der Waals surface area contributed by atoms with Crippen molar-refractivity contribution in [2.75, 3.05) is 0 Å². The fraction of sp³-hybridized carbons (Fsp3) is 0.167. The number of alkyl halides is 1. The molecule has 1 aromatic carbocycles. The molecular formula is C18H12F3N3. The van der Waals surface area contributed by atoms with Gasteiger partial charge in [0.1, 0.15) is 12.4 Å². The summed E-state index contributed by atoms with van der Waals surface area (Å²) >= 11 is 0. The fourth-order valence-corrected chi connectivity index (χ4v) is 2.13. The van der Waals surface area contributed by atoms with Crippen molar-refractivity contribution in [3.63, 3.8) is 0 Å². The SMILES string of the molecule is FCc1cccc(C#CCCc2cnc3cc(F)c(F)cc3n2)n1. The maximum absolute atomic E-state index is 13.2. The van der Waals surface area contributed by atoms with Crippen molar-refractivity contribution in [2.24, 2.45) is 0 Å². The third-order valence-corrected chi connectivity index (χ3v) is 3.30. The molecule has 0 aliphatic heterocycles. The van der Waals surface area contributed by atoms with Crippen LogP contribution in [0.15, 0.2) is 36.5 Å². The predicted molar refractivity (Wildman–Crippen MR) is 83.7 cm³/mol. The quantitative estimate of drug-likeness (QED) is 0.688. The summed E-state index contributed by atoms with van der Waals surface area (Å²) < 4.78 is 38.9. The lowest BCUT2D eigenvalue weighted by Crippen LogP contribution is -1.95. The van der Waals surface area contributed by atoms with Crippen molar-refractivity contribution in [1.82, 2.24) is 15.0 Å². The van der Waals surface area contributed by atoms with E-state index in [0.29, 0.717) is 41.0 Å². The molecule has 3 rings (SSSR count). The normalized spacial score (nSPS) is 10.5. The van der Waals surface area contributed by atoms with Crippen LogP contribution in [0, 0.1) is 23.5 Å². The second-order valence-corrected chi connectivity index (χ2v) is 5.07. The highest BCUT2D eigenvalue weighted by Crippen LogP contribution is 2.15. The van der Waals surface area contributed by atoms with E-state index in [1.165, 1.54) is 6.20 Å². The van der Waals surface area contributed by atoms with Crippen molar-refractivity contribution in [2.45, 2.75) is 19.5 Å². The Morgan fingerprint density at radius 2 is 1.75 bits per heavy atom. The monoisotopic (exact) mass is 327 g/mol. The van der Waals surface area contributed by atoms with Crippen LogP contribution in [-0.4, -0.2) is 15.0 Å². The summed E-state index contributed by atoms with van der Waals surface area (Å²) in [6.07, 6.45) is 2.52. The number of benzene rings is 1. The van der Waals surface area contributed by atoms with E-state index < -0.39 is 18.3 Å². The van der Waals surface area contributed by atoms with Gasteiger partial charge in [-0.3, -0.25) is 4.98 Å². The van der Waals surface area contributed by atoms with Crippen LogP contribution < -0.4 is 0 Å². The third-order valence-electron chi connectivity index (χ3n) is 3.30. The summed E-state index contributed by atoms with van der Waals surface area (Å²) in [4.78, 5) is 12.4. The Morgan fingerprint density at radius 3 is 2.54 bits per heavy atom. The number of hydrogen-bond donors (Lipinski definition) is 0. The number of nitrogens with zero attached hydrogens (tertiary/aromatic N) is 3. The van der Waals surface area contributed by atoms with Crippen LogP contribution >= 0.6 is 0 Å². The maximum Gasteiger partial charge on any atom is 0.161 e. The Morgan fingerprint density at radius 1 is 0.958 bits per heavy atom. The number of fused-ring (bicyclic) bond motifs is 1. The molecule has 0 amide bonds. The molecular weight excluding hydrogens is 315 g/mol. The molecule has 24 heavy (non-hydrogen) atoms. The minimum atomic E-state index is -0.951. The van der Waals surface area contributed by atoms with E-state index in [1.807, 2.05) is 0 Å². The molecule has 2 heterocycles. The van der Waals surface area contributed by atoms with Crippen molar-refractivity contribution < 1.29 is 13.2 Å².